The highest BCUT2D eigenvalue weighted by molar-refractivity contribution is 7.99. The fourth-order valence-corrected chi connectivity index (χ4v) is 6.42. The van der Waals surface area contributed by atoms with Crippen molar-refractivity contribution in [2.24, 2.45) is 0 Å². The van der Waals surface area contributed by atoms with Gasteiger partial charge in [-0.05, 0) is 61.0 Å². The summed E-state index contributed by atoms with van der Waals surface area (Å²) in [7, 11) is -3.53. The van der Waals surface area contributed by atoms with Gasteiger partial charge in [0.15, 0.2) is 0 Å². The molecule has 1 aromatic rings. The highest BCUT2D eigenvalue weighted by Gasteiger charge is 2.38. The van der Waals surface area contributed by atoms with Crippen molar-refractivity contribution >= 4 is 39.3 Å². The molecule has 0 aliphatic carbocycles. The van der Waals surface area contributed by atoms with E-state index in [4.69, 9.17) is 0 Å². The van der Waals surface area contributed by atoms with Crippen LogP contribution < -0.4 is 10.2 Å². The molecule has 1 fully saturated rings. The lowest BCUT2D eigenvalue weighted by Crippen LogP contribution is -2.47. The number of sulfonamides is 1. The second-order valence-corrected chi connectivity index (χ2v) is 10.9. The van der Waals surface area contributed by atoms with Gasteiger partial charge in [0.25, 0.3) is 0 Å². The lowest BCUT2D eigenvalue weighted by Gasteiger charge is -2.23. The molecule has 0 saturated carbocycles. The van der Waals surface area contributed by atoms with Gasteiger partial charge in [-0.25, -0.2) is 8.42 Å². The molecule has 7 nitrogen and oxygen atoms in total. The Hall–Kier alpha value is -1.58. The Morgan fingerprint density at radius 3 is 2.60 bits per heavy atom. The van der Waals surface area contributed by atoms with Crippen LogP contribution in [0.25, 0.3) is 0 Å². The van der Waals surface area contributed by atoms with Crippen molar-refractivity contribution in [3.63, 3.8) is 0 Å². The van der Waals surface area contributed by atoms with Gasteiger partial charge in [0.1, 0.15) is 6.04 Å². The first-order valence-electron chi connectivity index (χ1n) is 10.6. The molecule has 0 bridgehead atoms. The maximum atomic E-state index is 12.9. The molecule has 1 atom stereocenters. The van der Waals surface area contributed by atoms with Crippen molar-refractivity contribution in [2.75, 3.05) is 36.0 Å². The molecule has 3 rings (SSSR count). The van der Waals surface area contributed by atoms with Gasteiger partial charge < -0.3 is 5.32 Å². The van der Waals surface area contributed by atoms with Gasteiger partial charge >= 0.3 is 0 Å². The topological polar surface area (TPSA) is 86.8 Å². The number of hydrogen-bond acceptors (Lipinski definition) is 5. The lowest BCUT2D eigenvalue weighted by molar-refractivity contribution is -0.125. The van der Waals surface area contributed by atoms with Gasteiger partial charge in [0.05, 0.1) is 4.90 Å². The summed E-state index contributed by atoms with van der Waals surface area (Å²) < 4.78 is 27.3. The maximum absolute atomic E-state index is 12.9. The first-order valence-corrected chi connectivity index (χ1v) is 13.2. The molecule has 0 radical (unpaired) electrons. The smallest absolute Gasteiger partial charge is 0.243 e. The SMILES string of the molecule is CCCSCCCNC(=O)[C@@H]1Cc2cc(S(=O)(=O)N3CCCC3)ccc2N1C(C)=O. The summed E-state index contributed by atoms with van der Waals surface area (Å²) in [5, 5.41) is 2.94. The molecule has 2 heterocycles. The second-order valence-electron chi connectivity index (χ2n) is 7.77. The molecule has 1 aromatic carbocycles. The molecule has 1 N–H and O–H groups in total. The average Bonchev–Trinajstić information content (AvgIpc) is 3.38. The predicted molar refractivity (Wildman–Crippen MR) is 120 cm³/mol. The molecule has 2 aliphatic heterocycles. The summed E-state index contributed by atoms with van der Waals surface area (Å²) in [5.41, 5.74) is 1.35. The molecule has 0 aromatic heterocycles. The van der Waals surface area contributed by atoms with Gasteiger partial charge in [-0.2, -0.15) is 16.1 Å². The van der Waals surface area contributed by atoms with E-state index in [-0.39, 0.29) is 16.7 Å². The fourth-order valence-electron chi connectivity index (χ4n) is 4.01. The van der Waals surface area contributed by atoms with Gasteiger partial charge in [-0.1, -0.05) is 6.92 Å². The summed E-state index contributed by atoms with van der Waals surface area (Å²) in [5.74, 6) is 1.70. The number of anilines is 1. The van der Waals surface area contributed by atoms with Crippen LogP contribution in [0.5, 0.6) is 0 Å². The summed E-state index contributed by atoms with van der Waals surface area (Å²) in [6.07, 6.45) is 4.10. The monoisotopic (exact) mass is 453 g/mol. The van der Waals surface area contributed by atoms with E-state index in [9.17, 15) is 18.0 Å². The minimum atomic E-state index is -3.53. The standard InChI is InChI=1S/C21H31N3O4S2/c1-3-12-29-13-6-9-22-21(26)20-15-17-14-18(7-8-19(17)24(20)16(2)25)30(27,28)23-10-4-5-11-23/h7-8,14,20H,3-6,9-13,15H2,1-2H3,(H,22,26)/t20-/m0/s1. The number of nitrogens with one attached hydrogen (secondary N) is 1. The average molecular weight is 454 g/mol. The van der Waals surface area contributed by atoms with Crippen LogP contribution >= 0.6 is 11.8 Å². The van der Waals surface area contributed by atoms with E-state index in [2.05, 4.69) is 12.2 Å². The summed E-state index contributed by atoms with van der Waals surface area (Å²) in [6, 6.07) is 4.21. The van der Waals surface area contributed by atoms with Crippen LogP contribution in [-0.4, -0.2) is 61.7 Å². The van der Waals surface area contributed by atoms with E-state index >= 15 is 0 Å². The van der Waals surface area contributed by atoms with Crippen molar-refractivity contribution < 1.29 is 18.0 Å². The molecule has 0 unspecified atom stereocenters. The highest BCUT2D eigenvalue weighted by Crippen LogP contribution is 2.35. The molecular formula is C21H31N3O4S2. The van der Waals surface area contributed by atoms with Gasteiger partial charge in [-0.15, -0.1) is 0 Å². The molecule has 0 spiro atoms. The molecule has 9 heteroatoms. The second kappa shape index (κ2) is 10.2. The minimum absolute atomic E-state index is 0.189. The zero-order valence-corrected chi connectivity index (χ0v) is 19.4. The van der Waals surface area contributed by atoms with Crippen LogP contribution in [0.2, 0.25) is 0 Å². The van der Waals surface area contributed by atoms with Gasteiger partial charge in [0, 0.05) is 38.7 Å². The van der Waals surface area contributed by atoms with Crippen molar-refractivity contribution in [3.8, 4) is 0 Å². The van der Waals surface area contributed by atoms with Crippen molar-refractivity contribution in [1.29, 1.82) is 0 Å². The van der Waals surface area contributed by atoms with E-state index in [0.29, 0.717) is 31.7 Å². The highest BCUT2D eigenvalue weighted by atomic mass is 32.2. The fraction of sp³-hybridized carbons (Fsp3) is 0.619. The number of carbonyl (C=O) groups is 2. The molecule has 30 heavy (non-hydrogen) atoms. The number of hydrogen-bond donors (Lipinski definition) is 1. The van der Waals surface area contributed by atoms with Gasteiger partial charge in [-0.3, -0.25) is 14.5 Å². The Balaban J connectivity index is 1.71. The first kappa shape index (κ1) is 23.1. The normalized spacial score (nSPS) is 19.1. The number of thioether (sulfide) groups is 1. The number of nitrogens with zero attached hydrogens (tertiary/aromatic N) is 2. The Bertz CT molecular complexity index is 882. The zero-order valence-electron chi connectivity index (χ0n) is 17.7. The van der Waals surface area contributed by atoms with Crippen LogP contribution in [-0.2, 0) is 26.0 Å². The van der Waals surface area contributed by atoms with E-state index in [1.165, 1.54) is 16.1 Å². The summed E-state index contributed by atoms with van der Waals surface area (Å²) in [4.78, 5) is 26.8. The number of fused-ring (bicyclic) bond motifs is 1. The predicted octanol–water partition coefficient (Wildman–Crippen LogP) is 2.40. The quantitative estimate of drug-likeness (QED) is 0.580. The van der Waals surface area contributed by atoms with Crippen LogP contribution in [0.4, 0.5) is 5.69 Å². The lowest BCUT2D eigenvalue weighted by atomic mass is 10.1. The Morgan fingerprint density at radius 2 is 1.93 bits per heavy atom. The third-order valence-corrected chi connectivity index (χ3v) is 8.66. The van der Waals surface area contributed by atoms with E-state index in [0.717, 1.165) is 42.8 Å². The van der Waals surface area contributed by atoms with Crippen LogP contribution in [0.3, 0.4) is 0 Å². The van der Waals surface area contributed by atoms with E-state index < -0.39 is 16.1 Å². The van der Waals surface area contributed by atoms with Crippen LogP contribution in [0.15, 0.2) is 23.1 Å². The van der Waals surface area contributed by atoms with Crippen LogP contribution in [0, 0.1) is 0 Å². The number of rotatable bonds is 9. The number of carbonyl (C=O) groups excluding carboxylic acids is 2. The molecule has 2 amide bonds. The summed E-state index contributed by atoms with van der Waals surface area (Å²) in [6.45, 7) is 5.24. The zero-order chi connectivity index (χ0) is 21.7. The van der Waals surface area contributed by atoms with Gasteiger partial charge in [0.2, 0.25) is 21.8 Å². The minimum Gasteiger partial charge on any atom is -0.354 e. The molecular weight excluding hydrogens is 422 g/mol. The summed E-state index contributed by atoms with van der Waals surface area (Å²) >= 11 is 1.87. The third-order valence-electron chi connectivity index (χ3n) is 5.49. The van der Waals surface area contributed by atoms with E-state index in [1.54, 1.807) is 18.2 Å². The van der Waals surface area contributed by atoms with Crippen molar-refractivity contribution in [3.05, 3.63) is 23.8 Å². The Labute approximate surface area is 183 Å². The van der Waals surface area contributed by atoms with Crippen LogP contribution in [0.1, 0.15) is 45.1 Å². The molecule has 1 saturated heterocycles. The maximum Gasteiger partial charge on any atom is 0.243 e. The molecule has 2 aliphatic rings. The van der Waals surface area contributed by atoms with Crippen molar-refractivity contribution in [2.45, 2.75) is 56.9 Å². The largest absolute Gasteiger partial charge is 0.354 e. The van der Waals surface area contributed by atoms with E-state index in [1.807, 2.05) is 11.8 Å². The molecule has 166 valence electrons. The van der Waals surface area contributed by atoms with Crippen molar-refractivity contribution in [1.82, 2.24) is 9.62 Å². The first-order chi connectivity index (χ1) is 14.4. The Morgan fingerprint density at radius 1 is 1.20 bits per heavy atom. The number of amides is 2. The third kappa shape index (κ3) is 5.00. The number of benzene rings is 1. The Kier molecular flexibility index (Phi) is 7.81.